The van der Waals surface area contributed by atoms with Gasteiger partial charge in [-0.15, -0.1) is 0 Å². The lowest BCUT2D eigenvalue weighted by atomic mass is 9.83. The number of nitrogens with zero attached hydrogens (tertiary/aromatic N) is 1. The molecule has 1 fully saturated rings. The number of halogens is 2. The first-order chi connectivity index (χ1) is 13.6. The van der Waals surface area contributed by atoms with Crippen molar-refractivity contribution in [3.05, 3.63) is 0 Å². The maximum Gasteiger partial charge on any atom is 0.409 e. The van der Waals surface area contributed by atoms with Gasteiger partial charge in [0.05, 0.1) is 12.6 Å². The Morgan fingerprint density at radius 2 is 1.77 bits per heavy atom. The summed E-state index contributed by atoms with van der Waals surface area (Å²) in [4.78, 5) is 26.0. The standard InChI is InChI=1S/C21H40F2N2O4Si/c1-20(2,3)29-18(26)24-17(14-16-8-10-21(22,23)11-9-16)15-25(4)19(27)28-12-13-30(5,6)7/h16-17H,8-15H2,1-7H3,(H,24,26)/t17-/m0/s1. The van der Waals surface area contributed by atoms with E-state index < -0.39 is 37.8 Å². The number of hydrogen-bond donors (Lipinski definition) is 1. The summed E-state index contributed by atoms with van der Waals surface area (Å²) in [6.45, 7) is 12.5. The highest BCUT2D eigenvalue weighted by Crippen LogP contribution is 2.37. The third-order valence-electron chi connectivity index (χ3n) is 5.06. The normalized spacial score (nSPS) is 18.4. The summed E-state index contributed by atoms with van der Waals surface area (Å²) in [5, 5.41) is 2.82. The van der Waals surface area contributed by atoms with Crippen LogP contribution in [0, 0.1) is 5.92 Å². The molecule has 30 heavy (non-hydrogen) atoms. The Kier molecular flexibility index (Phi) is 9.57. The lowest BCUT2D eigenvalue weighted by Crippen LogP contribution is -2.47. The number of carbonyl (C=O) groups excluding carboxylic acids is 2. The van der Waals surface area contributed by atoms with E-state index in [9.17, 15) is 18.4 Å². The smallest absolute Gasteiger partial charge is 0.409 e. The second-order valence-electron chi connectivity index (χ2n) is 10.7. The molecule has 176 valence electrons. The number of ether oxygens (including phenoxy) is 2. The van der Waals surface area contributed by atoms with Crippen molar-refractivity contribution in [3.63, 3.8) is 0 Å². The first kappa shape index (κ1) is 26.7. The van der Waals surface area contributed by atoms with Gasteiger partial charge >= 0.3 is 12.2 Å². The maximum atomic E-state index is 13.5. The molecule has 1 N–H and O–H groups in total. The van der Waals surface area contributed by atoms with Crippen LogP contribution in [-0.2, 0) is 9.47 Å². The molecule has 6 nitrogen and oxygen atoms in total. The second-order valence-corrected chi connectivity index (χ2v) is 16.3. The molecule has 9 heteroatoms. The lowest BCUT2D eigenvalue weighted by molar-refractivity contribution is -0.0477. The molecule has 0 spiro atoms. The molecule has 0 saturated heterocycles. The second kappa shape index (κ2) is 10.8. The summed E-state index contributed by atoms with van der Waals surface area (Å²) in [6, 6.07) is 0.480. The van der Waals surface area contributed by atoms with Crippen molar-refractivity contribution < 1.29 is 27.8 Å². The Balaban J connectivity index is 2.67. The lowest BCUT2D eigenvalue weighted by Gasteiger charge is -2.32. The first-order valence-corrected chi connectivity index (χ1v) is 14.5. The molecule has 0 bridgehead atoms. The number of likely N-dealkylation sites (N-methyl/N-ethyl adjacent to an activating group) is 1. The molecule has 0 heterocycles. The molecule has 1 saturated carbocycles. The number of carbonyl (C=O) groups is 2. The fourth-order valence-electron chi connectivity index (χ4n) is 3.35. The van der Waals surface area contributed by atoms with E-state index in [-0.39, 0.29) is 25.3 Å². The minimum atomic E-state index is -2.60. The van der Waals surface area contributed by atoms with Gasteiger partial charge in [-0.25, -0.2) is 18.4 Å². The molecule has 0 aromatic carbocycles. The van der Waals surface area contributed by atoms with Gasteiger partial charge in [0, 0.05) is 34.5 Å². The number of alkyl halides is 2. The molecule has 1 atom stereocenters. The van der Waals surface area contributed by atoms with E-state index in [0.29, 0.717) is 25.9 Å². The van der Waals surface area contributed by atoms with Crippen LogP contribution in [0.15, 0.2) is 0 Å². The molecular weight excluding hydrogens is 410 g/mol. The van der Waals surface area contributed by atoms with Gasteiger partial charge in [-0.1, -0.05) is 19.6 Å². The molecule has 1 aliphatic rings. The summed E-state index contributed by atoms with van der Waals surface area (Å²) < 4.78 is 37.6. The zero-order chi connectivity index (χ0) is 23.2. The highest BCUT2D eigenvalue weighted by Gasteiger charge is 2.36. The predicted octanol–water partition coefficient (Wildman–Crippen LogP) is 5.50. The topological polar surface area (TPSA) is 67.9 Å². The van der Waals surface area contributed by atoms with Gasteiger partial charge in [0.15, 0.2) is 0 Å². The Hall–Kier alpha value is -1.38. The average molecular weight is 451 g/mol. The Morgan fingerprint density at radius 1 is 1.20 bits per heavy atom. The van der Waals surface area contributed by atoms with E-state index >= 15 is 0 Å². The number of alkyl carbamates (subject to hydrolysis) is 1. The molecule has 0 aliphatic heterocycles. The molecule has 0 radical (unpaired) electrons. The first-order valence-electron chi connectivity index (χ1n) is 10.8. The molecule has 0 unspecified atom stereocenters. The van der Waals surface area contributed by atoms with Crippen molar-refractivity contribution in [1.29, 1.82) is 0 Å². The molecular formula is C21H40F2N2O4Si. The molecule has 0 aromatic rings. The largest absolute Gasteiger partial charge is 0.450 e. The van der Waals surface area contributed by atoms with Crippen molar-refractivity contribution in [2.24, 2.45) is 5.92 Å². The van der Waals surface area contributed by atoms with Gasteiger partial charge in [-0.05, 0) is 52.0 Å². The predicted molar refractivity (Wildman–Crippen MR) is 117 cm³/mol. The maximum absolute atomic E-state index is 13.5. The van der Waals surface area contributed by atoms with Crippen LogP contribution in [-0.4, -0.2) is 62.9 Å². The number of amides is 2. The Bertz CT molecular complexity index is 566. The van der Waals surface area contributed by atoms with Crippen LogP contribution in [0.1, 0.15) is 52.9 Å². The van der Waals surface area contributed by atoms with Gasteiger partial charge < -0.3 is 19.7 Å². The monoisotopic (exact) mass is 450 g/mol. The van der Waals surface area contributed by atoms with Gasteiger partial charge in [0.25, 0.3) is 0 Å². The summed E-state index contributed by atoms with van der Waals surface area (Å²) in [6.07, 6.45) is 0.0420. The quantitative estimate of drug-likeness (QED) is 0.496. The van der Waals surface area contributed by atoms with E-state index in [0.717, 1.165) is 6.04 Å². The van der Waals surface area contributed by atoms with E-state index in [1.165, 1.54) is 4.90 Å². The molecule has 2 amide bonds. The van der Waals surface area contributed by atoms with Crippen LogP contribution in [0.3, 0.4) is 0 Å². The van der Waals surface area contributed by atoms with E-state index in [1.54, 1.807) is 27.8 Å². The summed E-state index contributed by atoms with van der Waals surface area (Å²) in [5.74, 6) is -2.53. The number of rotatable bonds is 8. The number of hydrogen-bond acceptors (Lipinski definition) is 4. The Labute approximate surface area is 181 Å². The Morgan fingerprint density at radius 3 is 2.27 bits per heavy atom. The zero-order valence-corrected chi connectivity index (χ0v) is 20.6. The van der Waals surface area contributed by atoms with Crippen molar-refractivity contribution in [3.8, 4) is 0 Å². The highest BCUT2D eigenvalue weighted by atomic mass is 28.3. The van der Waals surface area contributed by atoms with Gasteiger partial charge in [-0.2, -0.15) is 0 Å². The number of nitrogens with one attached hydrogen (secondary N) is 1. The van der Waals surface area contributed by atoms with Crippen molar-refractivity contribution in [2.75, 3.05) is 20.2 Å². The van der Waals surface area contributed by atoms with Crippen LogP contribution < -0.4 is 5.32 Å². The fraction of sp³-hybridized carbons (Fsp3) is 0.905. The van der Waals surface area contributed by atoms with Crippen LogP contribution in [0.4, 0.5) is 18.4 Å². The minimum absolute atomic E-state index is 0.0703. The minimum Gasteiger partial charge on any atom is -0.450 e. The van der Waals surface area contributed by atoms with Crippen molar-refractivity contribution in [1.82, 2.24) is 10.2 Å². The van der Waals surface area contributed by atoms with Gasteiger partial charge in [0.2, 0.25) is 5.92 Å². The highest BCUT2D eigenvalue weighted by molar-refractivity contribution is 6.76. The summed E-state index contributed by atoms with van der Waals surface area (Å²) >= 11 is 0. The molecule has 1 aliphatic carbocycles. The summed E-state index contributed by atoms with van der Waals surface area (Å²) in [7, 11) is 0.313. The molecule has 0 aromatic heterocycles. The van der Waals surface area contributed by atoms with Crippen LogP contribution in [0.2, 0.25) is 25.7 Å². The zero-order valence-electron chi connectivity index (χ0n) is 19.6. The van der Waals surface area contributed by atoms with E-state index in [2.05, 4.69) is 25.0 Å². The fourth-order valence-corrected chi connectivity index (χ4v) is 4.07. The molecule has 1 rings (SSSR count). The average Bonchev–Trinajstić information content (AvgIpc) is 2.53. The third-order valence-corrected chi connectivity index (χ3v) is 6.76. The van der Waals surface area contributed by atoms with Crippen LogP contribution in [0.25, 0.3) is 0 Å². The van der Waals surface area contributed by atoms with Crippen LogP contribution >= 0.6 is 0 Å². The van der Waals surface area contributed by atoms with Crippen molar-refractivity contribution >= 4 is 20.3 Å². The van der Waals surface area contributed by atoms with Crippen LogP contribution in [0.5, 0.6) is 0 Å². The van der Waals surface area contributed by atoms with Gasteiger partial charge in [0.1, 0.15) is 5.60 Å². The van der Waals surface area contributed by atoms with E-state index in [1.807, 2.05) is 0 Å². The van der Waals surface area contributed by atoms with Gasteiger partial charge in [-0.3, -0.25) is 0 Å². The SMILES string of the molecule is CN(C[C@H](CC1CCC(F)(F)CC1)NC(=O)OC(C)(C)C)C(=O)OCC[Si](C)(C)C. The van der Waals surface area contributed by atoms with Crippen molar-refractivity contribution in [2.45, 2.75) is 96.1 Å². The third kappa shape index (κ3) is 11.7. The van der Waals surface area contributed by atoms with E-state index in [4.69, 9.17) is 9.47 Å². The summed E-state index contributed by atoms with van der Waals surface area (Å²) in [5.41, 5.74) is -0.650.